The minimum Gasteiger partial charge on any atom is -0.207 e. The summed E-state index contributed by atoms with van der Waals surface area (Å²) in [5, 5.41) is 0. The Kier molecular flexibility index (Phi) is 21.3. The number of sulfonamides is 4. The fourth-order valence-electron chi connectivity index (χ4n) is 7.65. The monoisotopic (exact) mass is 972 g/mol. The van der Waals surface area contributed by atoms with Crippen LogP contribution in [0.25, 0.3) is 0 Å². The van der Waals surface area contributed by atoms with Crippen LogP contribution in [0, 0.1) is 27.7 Å². The average Bonchev–Trinajstić information content (AvgIpc) is 3.27. The van der Waals surface area contributed by atoms with Gasteiger partial charge < -0.3 is 0 Å². The predicted octanol–water partition coefficient (Wildman–Crippen LogP) is 9.31. The van der Waals surface area contributed by atoms with Gasteiger partial charge >= 0.3 is 0 Å². The van der Waals surface area contributed by atoms with E-state index in [4.69, 9.17) is 0 Å². The quantitative estimate of drug-likeness (QED) is 0.0470. The van der Waals surface area contributed by atoms with Crippen LogP contribution in [0.5, 0.6) is 0 Å². The molecule has 0 saturated carbocycles. The molecule has 4 aromatic rings. The van der Waals surface area contributed by atoms with Crippen molar-refractivity contribution >= 4 is 40.1 Å². The molecule has 0 saturated heterocycles. The molecule has 4 aromatic carbocycles. The Bertz CT molecular complexity index is 2320. The van der Waals surface area contributed by atoms with E-state index in [1.807, 2.05) is 41.5 Å². The fraction of sp³-hybridized carbons (Fsp3) is 0.510. The van der Waals surface area contributed by atoms with Crippen molar-refractivity contribution in [2.24, 2.45) is 0 Å². The van der Waals surface area contributed by atoms with Crippen molar-refractivity contribution in [1.82, 2.24) is 17.2 Å². The molecule has 65 heavy (non-hydrogen) atoms. The normalized spacial score (nSPS) is 12.8. The second-order valence-electron chi connectivity index (χ2n) is 16.9. The van der Waals surface area contributed by atoms with Crippen LogP contribution in [-0.4, -0.2) is 103 Å². The molecule has 0 fully saturated rings. The molecule has 0 amide bonds. The molecule has 0 spiro atoms. The summed E-state index contributed by atoms with van der Waals surface area (Å²) in [4.78, 5) is 0.985. The molecule has 0 bridgehead atoms. The highest BCUT2D eigenvalue weighted by Crippen LogP contribution is 2.23. The van der Waals surface area contributed by atoms with E-state index in [1.54, 1.807) is 97.1 Å². The Morgan fingerprint density at radius 1 is 0.277 bits per heavy atom. The second-order valence-corrected chi connectivity index (χ2v) is 24.7. The van der Waals surface area contributed by atoms with Gasteiger partial charge in [0.2, 0.25) is 40.1 Å². The van der Waals surface area contributed by atoms with Gasteiger partial charge in [-0.25, -0.2) is 33.7 Å². The van der Waals surface area contributed by atoms with Crippen LogP contribution in [-0.2, 0) is 40.1 Å². The minimum atomic E-state index is -3.76. The zero-order chi connectivity index (χ0) is 47.7. The predicted molar refractivity (Wildman–Crippen MR) is 262 cm³/mol. The maximum atomic E-state index is 13.8. The van der Waals surface area contributed by atoms with E-state index in [9.17, 15) is 33.7 Å². The SMILES string of the molecule is CCN(CCCCN(CCCCCCCCCN(CCCCN(CC)S(=O)(=O)c1ccc(C)cc1)S(=O)(=O)c1ccc(C)cc1)S(=O)(=O)c1ccc(C)cc1)S(=O)(=O)c1ccc(C)cc1. The molecule has 4 rings (SSSR count). The molecular formula is C49H72N4O8S4. The summed E-state index contributed by atoms with van der Waals surface area (Å²) in [5.41, 5.74) is 3.89. The number of rotatable bonds is 30. The standard InChI is InChI=1S/C49H72N4O8S4/c1-7-50(62(54,55)46-28-20-42(3)21-29-46)36-16-18-40-52(64(58,59)48-32-24-44(5)25-33-48)38-14-12-10-9-11-13-15-39-53(65(60,61)49-34-26-45(6)27-35-49)41-19-17-37-51(8-2)63(56,57)47-30-22-43(4)23-31-47/h20-35H,7-19,36-41H2,1-6H3. The fourth-order valence-corrected chi connectivity index (χ4v) is 13.7. The summed E-state index contributed by atoms with van der Waals surface area (Å²) < 4.78 is 115. The first-order valence-electron chi connectivity index (χ1n) is 23.1. The van der Waals surface area contributed by atoms with E-state index in [-0.39, 0.29) is 32.7 Å². The van der Waals surface area contributed by atoms with Crippen molar-refractivity contribution in [1.29, 1.82) is 0 Å². The maximum absolute atomic E-state index is 13.8. The largest absolute Gasteiger partial charge is 0.243 e. The Hall–Kier alpha value is -3.48. The molecule has 0 aliphatic rings. The van der Waals surface area contributed by atoms with Crippen LogP contribution in [0.4, 0.5) is 0 Å². The van der Waals surface area contributed by atoms with E-state index in [0.717, 1.165) is 54.4 Å². The van der Waals surface area contributed by atoms with Crippen LogP contribution in [0.3, 0.4) is 0 Å². The summed E-state index contributed by atoms with van der Waals surface area (Å²) >= 11 is 0. The van der Waals surface area contributed by atoms with Crippen molar-refractivity contribution in [2.45, 2.75) is 132 Å². The molecule has 16 heteroatoms. The van der Waals surface area contributed by atoms with Gasteiger partial charge in [-0.3, -0.25) is 0 Å². The van der Waals surface area contributed by atoms with Crippen LogP contribution in [0.2, 0.25) is 0 Å². The molecule has 0 radical (unpaired) electrons. The van der Waals surface area contributed by atoms with Gasteiger partial charge in [0.05, 0.1) is 19.6 Å². The topological polar surface area (TPSA) is 150 Å². The van der Waals surface area contributed by atoms with Gasteiger partial charge in [0.15, 0.2) is 0 Å². The maximum Gasteiger partial charge on any atom is 0.243 e. The van der Waals surface area contributed by atoms with Crippen LogP contribution in [0.1, 0.15) is 107 Å². The van der Waals surface area contributed by atoms with Crippen molar-refractivity contribution in [3.05, 3.63) is 119 Å². The van der Waals surface area contributed by atoms with Gasteiger partial charge in [-0.1, -0.05) is 117 Å². The highest BCUT2D eigenvalue weighted by Gasteiger charge is 2.27. The third kappa shape index (κ3) is 15.8. The average molecular weight is 973 g/mol. The number of unbranched alkanes of at least 4 members (excludes halogenated alkanes) is 8. The molecule has 0 aliphatic carbocycles. The van der Waals surface area contributed by atoms with Crippen molar-refractivity contribution in [3.8, 4) is 0 Å². The van der Waals surface area contributed by atoms with E-state index in [2.05, 4.69) is 0 Å². The third-order valence-corrected chi connectivity index (χ3v) is 19.6. The van der Waals surface area contributed by atoms with Crippen LogP contribution in [0.15, 0.2) is 117 Å². The van der Waals surface area contributed by atoms with E-state index < -0.39 is 40.1 Å². The van der Waals surface area contributed by atoms with Gasteiger partial charge in [-0.15, -0.1) is 0 Å². The molecule has 0 atom stereocenters. The van der Waals surface area contributed by atoms with Crippen LogP contribution < -0.4 is 0 Å². The highest BCUT2D eigenvalue weighted by molar-refractivity contribution is 7.90. The summed E-state index contributed by atoms with van der Waals surface area (Å²) in [6.07, 6.45) is 7.82. The van der Waals surface area contributed by atoms with Gasteiger partial charge in [-0.05, 0) is 115 Å². The first-order chi connectivity index (χ1) is 30.8. The molecule has 0 aliphatic heterocycles. The highest BCUT2D eigenvalue weighted by atomic mass is 32.2. The molecular weight excluding hydrogens is 901 g/mol. The Labute approximate surface area is 392 Å². The Morgan fingerprint density at radius 2 is 0.446 bits per heavy atom. The summed E-state index contributed by atoms with van der Waals surface area (Å²) in [5.74, 6) is 0. The van der Waals surface area contributed by atoms with Crippen molar-refractivity contribution in [3.63, 3.8) is 0 Å². The Morgan fingerprint density at radius 3 is 0.662 bits per heavy atom. The van der Waals surface area contributed by atoms with Gasteiger partial charge in [0.25, 0.3) is 0 Å². The number of hydrogen-bond donors (Lipinski definition) is 0. The lowest BCUT2D eigenvalue weighted by Gasteiger charge is -2.24. The van der Waals surface area contributed by atoms with E-state index in [1.165, 1.54) is 17.2 Å². The third-order valence-electron chi connectivity index (χ3n) is 11.8. The molecule has 12 nitrogen and oxygen atoms in total. The summed E-state index contributed by atoms with van der Waals surface area (Å²) in [6, 6.07) is 27.3. The minimum absolute atomic E-state index is 0.243. The van der Waals surface area contributed by atoms with Gasteiger partial charge in [0, 0.05) is 52.4 Å². The lowest BCUT2D eigenvalue weighted by Crippen LogP contribution is -2.35. The second kappa shape index (κ2) is 25.6. The van der Waals surface area contributed by atoms with E-state index >= 15 is 0 Å². The number of aryl methyl sites for hydroxylation is 4. The molecule has 360 valence electrons. The molecule has 0 aromatic heterocycles. The van der Waals surface area contributed by atoms with Crippen molar-refractivity contribution < 1.29 is 33.7 Å². The zero-order valence-electron chi connectivity index (χ0n) is 39.4. The zero-order valence-corrected chi connectivity index (χ0v) is 42.6. The lowest BCUT2D eigenvalue weighted by molar-refractivity contribution is 0.363. The van der Waals surface area contributed by atoms with Gasteiger partial charge in [-0.2, -0.15) is 17.2 Å². The summed E-state index contributed by atoms with van der Waals surface area (Å²) in [7, 11) is -14.9. The molecule has 0 unspecified atom stereocenters. The first-order valence-corrected chi connectivity index (χ1v) is 28.9. The number of hydrogen-bond acceptors (Lipinski definition) is 8. The Balaban J connectivity index is 1.27. The molecule has 0 N–H and O–H groups in total. The summed E-state index contributed by atoms with van der Waals surface area (Å²) in [6.45, 7) is 13.7. The number of nitrogens with zero attached hydrogens (tertiary/aromatic N) is 4. The van der Waals surface area contributed by atoms with Crippen molar-refractivity contribution in [2.75, 3.05) is 52.4 Å². The molecule has 0 heterocycles. The van der Waals surface area contributed by atoms with Gasteiger partial charge in [0.1, 0.15) is 0 Å². The lowest BCUT2D eigenvalue weighted by atomic mass is 10.1. The van der Waals surface area contributed by atoms with Crippen LogP contribution >= 0.6 is 0 Å². The van der Waals surface area contributed by atoms with E-state index in [0.29, 0.717) is 77.8 Å². The smallest absolute Gasteiger partial charge is 0.207 e. The number of benzene rings is 4. The first kappa shape index (κ1) is 54.1.